The molecule has 104 valence electrons. The van der Waals surface area contributed by atoms with Gasteiger partial charge in [-0.1, -0.05) is 53.5 Å². The van der Waals surface area contributed by atoms with Gasteiger partial charge in [-0.15, -0.1) is 0 Å². The second-order valence-corrected chi connectivity index (χ2v) is 5.10. The van der Waals surface area contributed by atoms with Crippen molar-refractivity contribution >= 4 is 29.4 Å². The molecule has 0 spiro atoms. The monoisotopic (exact) mass is 309 g/mol. The highest BCUT2D eigenvalue weighted by atomic mass is 35.5. The predicted molar refractivity (Wildman–Crippen MR) is 82.0 cm³/mol. The van der Waals surface area contributed by atoms with Crippen LogP contribution in [0.15, 0.2) is 42.5 Å². The van der Waals surface area contributed by atoms with Crippen molar-refractivity contribution in [1.82, 2.24) is 0 Å². The summed E-state index contributed by atoms with van der Waals surface area (Å²) in [7, 11) is 1.38. The zero-order chi connectivity index (χ0) is 14.5. The van der Waals surface area contributed by atoms with Crippen LogP contribution in [-0.4, -0.2) is 18.0 Å². The van der Waals surface area contributed by atoms with E-state index in [-0.39, 0.29) is 0 Å². The Morgan fingerprint density at radius 2 is 1.90 bits per heavy atom. The van der Waals surface area contributed by atoms with Crippen LogP contribution in [0.2, 0.25) is 10.0 Å². The lowest BCUT2D eigenvalue weighted by molar-refractivity contribution is -0.416. The van der Waals surface area contributed by atoms with E-state index in [1.165, 1.54) is 13.3 Å². The third-order valence-corrected chi connectivity index (χ3v) is 3.08. The Hall–Kier alpha value is -1.71. The second-order valence-electron chi connectivity index (χ2n) is 4.26. The average Bonchev–Trinajstić information content (AvgIpc) is 2.38. The van der Waals surface area contributed by atoms with Gasteiger partial charge < -0.3 is 9.94 Å². The zero-order valence-corrected chi connectivity index (χ0v) is 12.4. The Balaban J connectivity index is 2.28. The molecule has 0 atom stereocenters. The van der Waals surface area contributed by atoms with Crippen molar-refractivity contribution in [3.05, 3.63) is 68.8 Å². The first-order valence-electron chi connectivity index (χ1n) is 5.97. The molecule has 0 aliphatic rings. The van der Waals surface area contributed by atoms with E-state index in [0.29, 0.717) is 32.7 Å². The summed E-state index contributed by atoms with van der Waals surface area (Å²) in [5, 5.41) is 12.0. The number of halogens is 2. The Kier molecular flexibility index (Phi) is 4.88. The molecule has 2 aromatic carbocycles. The fourth-order valence-corrected chi connectivity index (χ4v) is 2.32. The maximum absolute atomic E-state index is 11.2. The summed E-state index contributed by atoms with van der Waals surface area (Å²) in [6, 6.07) is 12.9. The third-order valence-electron chi connectivity index (χ3n) is 2.58. The molecule has 5 heteroatoms. The van der Waals surface area contributed by atoms with E-state index < -0.39 is 0 Å². The highest BCUT2D eigenvalue weighted by Crippen LogP contribution is 2.32. The summed E-state index contributed by atoms with van der Waals surface area (Å²) in [4.78, 5) is 0. The highest BCUT2D eigenvalue weighted by molar-refractivity contribution is 6.36. The molecule has 2 rings (SSSR count). The van der Waals surface area contributed by atoms with E-state index in [0.717, 1.165) is 5.56 Å². The van der Waals surface area contributed by atoms with Crippen molar-refractivity contribution in [2.24, 2.45) is 0 Å². The van der Waals surface area contributed by atoms with Gasteiger partial charge in [0.25, 0.3) is 0 Å². The zero-order valence-electron chi connectivity index (χ0n) is 10.8. The van der Waals surface area contributed by atoms with Gasteiger partial charge in [0.1, 0.15) is 13.7 Å². The topological polar surface area (TPSA) is 35.3 Å². The van der Waals surface area contributed by atoms with Gasteiger partial charge in [-0.25, -0.2) is 4.74 Å². The molecule has 0 aliphatic carbocycles. The van der Waals surface area contributed by atoms with Gasteiger partial charge >= 0.3 is 0 Å². The number of benzene rings is 2. The van der Waals surface area contributed by atoms with Gasteiger partial charge in [0.15, 0.2) is 12.0 Å². The standard InChI is InChI=1S/C15H13Cl2NO2/c1-18(19)9-12-7-13(16)8-14(17)15(12)20-10-11-5-3-2-4-6-11/h2-9H,10H2,1H3/b18-9-. The smallest absolute Gasteiger partial charge is 0.185 e. The van der Waals surface area contributed by atoms with Crippen molar-refractivity contribution in [3.8, 4) is 5.75 Å². The summed E-state index contributed by atoms with van der Waals surface area (Å²) >= 11 is 12.1. The summed E-state index contributed by atoms with van der Waals surface area (Å²) in [6.07, 6.45) is 1.37. The van der Waals surface area contributed by atoms with Crippen LogP contribution in [-0.2, 0) is 6.61 Å². The Labute approximate surface area is 127 Å². The SMILES string of the molecule is C/[N+]([O-])=C/c1cc(Cl)cc(Cl)c1OCc1ccccc1. The van der Waals surface area contributed by atoms with Crippen molar-refractivity contribution in [2.75, 3.05) is 7.05 Å². The summed E-state index contributed by atoms with van der Waals surface area (Å²) < 4.78 is 6.40. The minimum absolute atomic E-state index is 0.367. The van der Waals surface area contributed by atoms with Gasteiger partial charge in [-0.3, -0.25) is 0 Å². The molecule has 0 saturated heterocycles. The lowest BCUT2D eigenvalue weighted by Gasteiger charge is -2.11. The van der Waals surface area contributed by atoms with E-state index >= 15 is 0 Å². The number of hydrogen-bond donors (Lipinski definition) is 0. The van der Waals surface area contributed by atoms with Crippen LogP contribution >= 0.6 is 23.2 Å². The minimum Gasteiger partial charge on any atom is -0.624 e. The van der Waals surface area contributed by atoms with Crippen LogP contribution in [0.1, 0.15) is 11.1 Å². The molecular formula is C15H13Cl2NO2. The Morgan fingerprint density at radius 3 is 2.55 bits per heavy atom. The first-order valence-corrected chi connectivity index (χ1v) is 6.72. The van der Waals surface area contributed by atoms with Crippen LogP contribution in [0.5, 0.6) is 5.75 Å². The molecule has 0 aliphatic heterocycles. The quantitative estimate of drug-likeness (QED) is 0.368. The number of rotatable bonds is 4. The largest absolute Gasteiger partial charge is 0.624 e. The average molecular weight is 310 g/mol. The van der Waals surface area contributed by atoms with Crippen molar-refractivity contribution in [2.45, 2.75) is 6.61 Å². The number of hydrogen-bond acceptors (Lipinski definition) is 2. The molecule has 2 aromatic rings. The lowest BCUT2D eigenvalue weighted by Crippen LogP contribution is -2.03. The normalized spacial score (nSPS) is 11.4. The summed E-state index contributed by atoms with van der Waals surface area (Å²) in [5.41, 5.74) is 1.57. The number of nitrogens with zero attached hydrogens (tertiary/aromatic N) is 1. The molecule has 0 bridgehead atoms. The van der Waals surface area contributed by atoms with Crippen LogP contribution in [0.25, 0.3) is 0 Å². The van der Waals surface area contributed by atoms with Crippen LogP contribution in [0, 0.1) is 5.21 Å². The van der Waals surface area contributed by atoms with E-state index in [1.54, 1.807) is 12.1 Å². The maximum Gasteiger partial charge on any atom is 0.185 e. The highest BCUT2D eigenvalue weighted by Gasteiger charge is 2.12. The first kappa shape index (κ1) is 14.7. The van der Waals surface area contributed by atoms with E-state index in [2.05, 4.69) is 0 Å². The van der Waals surface area contributed by atoms with Crippen molar-refractivity contribution < 1.29 is 9.48 Å². The van der Waals surface area contributed by atoms with E-state index in [9.17, 15) is 5.21 Å². The predicted octanol–water partition coefficient (Wildman–Crippen LogP) is 4.13. The van der Waals surface area contributed by atoms with Gasteiger partial charge in [-0.2, -0.15) is 0 Å². The molecule has 3 nitrogen and oxygen atoms in total. The van der Waals surface area contributed by atoms with Crippen LogP contribution in [0.4, 0.5) is 0 Å². The Bertz CT molecular complexity index is 623. The third kappa shape index (κ3) is 3.89. The minimum atomic E-state index is 0.367. The summed E-state index contributed by atoms with van der Waals surface area (Å²) in [6.45, 7) is 0.367. The van der Waals surface area contributed by atoms with Crippen molar-refractivity contribution in [3.63, 3.8) is 0 Å². The molecule has 0 heterocycles. The molecular weight excluding hydrogens is 297 g/mol. The summed E-state index contributed by atoms with van der Waals surface area (Å²) in [5.74, 6) is 0.447. The van der Waals surface area contributed by atoms with Gasteiger partial charge in [0.05, 0.1) is 10.6 Å². The molecule has 0 aromatic heterocycles. The number of ether oxygens (including phenoxy) is 1. The second kappa shape index (κ2) is 6.64. The fraction of sp³-hybridized carbons (Fsp3) is 0.133. The van der Waals surface area contributed by atoms with Gasteiger partial charge in [0, 0.05) is 5.02 Å². The molecule has 0 saturated carbocycles. The maximum atomic E-state index is 11.2. The molecule has 20 heavy (non-hydrogen) atoms. The van der Waals surface area contributed by atoms with E-state index in [4.69, 9.17) is 27.9 Å². The molecule has 0 fully saturated rings. The number of hydroxylamine groups is 1. The van der Waals surface area contributed by atoms with E-state index in [1.807, 2.05) is 30.3 Å². The molecule has 0 unspecified atom stereocenters. The lowest BCUT2D eigenvalue weighted by atomic mass is 10.2. The van der Waals surface area contributed by atoms with Crippen molar-refractivity contribution in [1.29, 1.82) is 0 Å². The molecule has 0 amide bonds. The fourth-order valence-electron chi connectivity index (χ4n) is 1.75. The van der Waals surface area contributed by atoms with Gasteiger partial charge in [0.2, 0.25) is 0 Å². The van der Waals surface area contributed by atoms with Crippen LogP contribution in [0.3, 0.4) is 0 Å². The van der Waals surface area contributed by atoms with Gasteiger partial charge in [-0.05, 0) is 17.7 Å². The molecule has 0 radical (unpaired) electrons. The molecule has 0 N–H and O–H groups in total. The Morgan fingerprint density at radius 1 is 1.20 bits per heavy atom. The first-order chi connectivity index (χ1) is 9.56. The van der Waals surface area contributed by atoms with Crippen LogP contribution < -0.4 is 4.74 Å².